The van der Waals surface area contributed by atoms with Gasteiger partial charge in [0.05, 0.1) is 6.61 Å². The second-order valence-corrected chi connectivity index (χ2v) is 3.43. The highest BCUT2D eigenvalue weighted by atomic mass is 32.2. The number of alkyl halides is 3. The summed E-state index contributed by atoms with van der Waals surface area (Å²) < 4.78 is 62.3. The van der Waals surface area contributed by atoms with Crippen molar-refractivity contribution in [2.24, 2.45) is 0 Å². The molecule has 0 saturated carbocycles. The number of halogens is 3. The fraction of sp³-hybridized carbons (Fsp3) is 1.00. The normalized spacial score (nSPS) is 11.9. The maximum Gasteiger partial charge on any atom is 0.522 e. The molecule has 9 heteroatoms. The number of rotatable bonds is 3. The van der Waals surface area contributed by atoms with E-state index in [1.165, 1.54) is 0 Å². The summed E-state index contributed by atoms with van der Waals surface area (Å²) in [7, 11) is -2.25. The first-order valence-corrected chi connectivity index (χ1v) is 4.78. The van der Waals surface area contributed by atoms with Gasteiger partial charge in [-0.3, -0.25) is 4.55 Å². The molecule has 0 saturated heterocycles. The van der Waals surface area contributed by atoms with Gasteiger partial charge in [0.1, 0.15) is 0 Å². The molecule has 88 valence electrons. The molecule has 0 radical (unpaired) electrons. The quantitative estimate of drug-likeness (QED) is 0.419. The van der Waals surface area contributed by atoms with E-state index in [0.717, 1.165) is 13.2 Å². The largest absolute Gasteiger partial charge is 0.522 e. The fourth-order valence-electron chi connectivity index (χ4n) is 0.204. The average Bonchev–Trinajstić information content (AvgIpc) is 1.98. The van der Waals surface area contributed by atoms with Gasteiger partial charge in [-0.1, -0.05) is 0 Å². The molecular weight excluding hydrogens is 227 g/mol. The SMILES string of the molecule is CNCCOC.O=S(=O)(O)C(F)(F)F. The topological polar surface area (TPSA) is 75.6 Å². The zero-order valence-electron chi connectivity index (χ0n) is 7.63. The molecule has 0 aromatic heterocycles. The van der Waals surface area contributed by atoms with E-state index in [1.807, 2.05) is 7.05 Å². The van der Waals surface area contributed by atoms with Crippen LogP contribution in [0.15, 0.2) is 0 Å². The highest BCUT2D eigenvalue weighted by Gasteiger charge is 2.44. The number of hydrogen-bond donors (Lipinski definition) is 2. The second kappa shape index (κ2) is 6.98. The van der Waals surface area contributed by atoms with Gasteiger partial charge < -0.3 is 10.1 Å². The van der Waals surface area contributed by atoms with Crippen LogP contribution in [0.5, 0.6) is 0 Å². The molecule has 0 amide bonds. The van der Waals surface area contributed by atoms with Gasteiger partial charge in [-0.05, 0) is 7.05 Å². The molecule has 0 aliphatic rings. The van der Waals surface area contributed by atoms with Crippen LogP contribution in [-0.2, 0) is 14.9 Å². The highest BCUT2D eigenvalue weighted by molar-refractivity contribution is 7.86. The summed E-state index contributed by atoms with van der Waals surface area (Å²) in [5.74, 6) is 0. The van der Waals surface area contributed by atoms with Crippen LogP contribution in [-0.4, -0.2) is 45.8 Å². The zero-order chi connectivity index (χ0) is 11.8. The summed E-state index contributed by atoms with van der Waals surface area (Å²) in [5.41, 5.74) is -5.53. The summed E-state index contributed by atoms with van der Waals surface area (Å²) in [4.78, 5) is 0. The number of ether oxygens (including phenoxy) is 1. The molecule has 0 aromatic rings. The van der Waals surface area contributed by atoms with E-state index in [1.54, 1.807) is 7.11 Å². The first-order valence-electron chi connectivity index (χ1n) is 3.34. The third kappa shape index (κ3) is 9.71. The van der Waals surface area contributed by atoms with Crippen molar-refractivity contribution < 1.29 is 30.9 Å². The number of hydrogen-bond acceptors (Lipinski definition) is 4. The minimum atomic E-state index is -5.84. The summed E-state index contributed by atoms with van der Waals surface area (Å²) in [5, 5.41) is 2.94. The van der Waals surface area contributed by atoms with Crippen LogP contribution in [0.1, 0.15) is 0 Å². The lowest BCUT2D eigenvalue weighted by atomic mass is 10.7. The Morgan fingerprint density at radius 1 is 1.43 bits per heavy atom. The van der Waals surface area contributed by atoms with Crippen molar-refractivity contribution in [3.05, 3.63) is 0 Å². The Bertz CT molecular complexity index is 222. The van der Waals surface area contributed by atoms with Crippen molar-refractivity contribution in [3.8, 4) is 0 Å². The van der Waals surface area contributed by atoms with E-state index < -0.39 is 15.6 Å². The smallest absolute Gasteiger partial charge is 0.383 e. The van der Waals surface area contributed by atoms with E-state index >= 15 is 0 Å². The lowest BCUT2D eigenvalue weighted by molar-refractivity contribution is -0.0510. The van der Waals surface area contributed by atoms with Gasteiger partial charge in [-0.15, -0.1) is 0 Å². The molecule has 14 heavy (non-hydrogen) atoms. The lowest BCUT2D eigenvalue weighted by Crippen LogP contribution is -2.21. The third-order valence-corrected chi connectivity index (χ3v) is 1.43. The van der Waals surface area contributed by atoms with E-state index in [0.29, 0.717) is 0 Å². The second-order valence-electron chi connectivity index (χ2n) is 2.02. The Hall–Kier alpha value is -0.380. The van der Waals surface area contributed by atoms with Crippen molar-refractivity contribution >= 4 is 10.1 Å². The molecule has 0 unspecified atom stereocenters. The standard InChI is InChI=1S/C4H11NO.CHF3O3S/c1-5-3-4-6-2;2-1(3,4)8(5,6)7/h5H,3-4H2,1-2H3;(H,5,6,7). The van der Waals surface area contributed by atoms with E-state index in [4.69, 9.17) is 17.7 Å². The van der Waals surface area contributed by atoms with Crippen molar-refractivity contribution in [1.29, 1.82) is 0 Å². The Labute approximate surface area is 80.0 Å². The van der Waals surface area contributed by atoms with Gasteiger partial charge in [0.15, 0.2) is 0 Å². The lowest BCUT2D eigenvalue weighted by Gasteiger charge is -1.97. The molecular formula is C5H12F3NO4S. The van der Waals surface area contributed by atoms with Gasteiger partial charge in [0.2, 0.25) is 0 Å². The maximum atomic E-state index is 10.7. The minimum absolute atomic E-state index is 0.802. The fourth-order valence-corrected chi connectivity index (χ4v) is 0.204. The Morgan fingerprint density at radius 3 is 1.86 bits per heavy atom. The zero-order valence-corrected chi connectivity index (χ0v) is 8.44. The van der Waals surface area contributed by atoms with Crippen molar-refractivity contribution in [1.82, 2.24) is 5.32 Å². The van der Waals surface area contributed by atoms with Gasteiger partial charge in [0.25, 0.3) is 0 Å². The van der Waals surface area contributed by atoms with E-state index in [2.05, 4.69) is 5.32 Å². The predicted octanol–water partition coefficient (Wildman–Crippen LogP) is 0.246. The first kappa shape index (κ1) is 16.1. The van der Waals surface area contributed by atoms with Crippen molar-refractivity contribution in [3.63, 3.8) is 0 Å². The average molecular weight is 239 g/mol. The van der Waals surface area contributed by atoms with Crippen LogP contribution in [0.2, 0.25) is 0 Å². The number of likely N-dealkylation sites (N-methyl/N-ethyl adjacent to an activating group) is 1. The van der Waals surface area contributed by atoms with E-state index in [9.17, 15) is 13.2 Å². The minimum Gasteiger partial charge on any atom is -0.383 e. The summed E-state index contributed by atoms with van der Waals surface area (Å²) in [6.07, 6.45) is 0. The van der Waals surface area contributed by atoms with Crippen LogP contribution in [0.4, 0.5) is 13.2 Å². The van der Waals surface area contributed by atoms with Crippen molar-refractivity contribution in [2.75, 3.05) is 27.3 Å². The molecule has 0 aliphatic heterocycles. The van der Waals surface area contributed by atoms with Crippen LogP contribution in [0.25, 0.3) is 0 Å². The molecule has 5 nitrogen and oxygen atoms in total. The van der Waals surface area contributed by atoms with Gasteiger partial charge in [-0.2, -0.15) is 21.6 Å². The molecule has 0 atom stereocenters. The summed E-state index contributed by atoms with van der Waals surface area (Å²) in [6, 6.07) is 0. The molecule has 0 rings (SSSR count). The van der Waals surface area contributed by atoms with Crippen LogP contribution >= 0.6 is 0 Å². The molecule has 2 N–H and O–H groups in total. The first-order chi connectivity index (χ1) is 6.16. The third-order valence-electron chi connectivity index (χ3n) is 0.849. The molecule has 0 aliphatic carbocycles. The van der Waals surface area contributed by atoms with Gasteiger partial charge in [0, 0.05) is 13.7 Å². The Morgan fingerprint density at radius 2 is 1.79 bits per heavy atom. The van der Waals surface area contributed by atoms with Crippen LogP contribution in [0, 0.1) is 0 Å². The van der Waals surface area contributed by atoms with Gasteiger partial charge >= 0.3 is 15.6 Å². The Balaban J connectivity index is 0. The molecule has 0 fully saturated rings. The van der Waals surface area contributed by atoms with Gasteiger partial charge in [-0.25, -0.2) is 0 Å². The summed E-state index contributed by atoms with van der Waals surface area (Å²) in [6.45, 7) is 1.74. The highest BCUT2D eigenvalue weighted by Crippen LogP contribution is 2.20. The van der Waals surface area contributed by atoms with Crippen LogP contribution in [0.3, 0.4) is 0 Å². The Kier molecular flexibility index (Phi) is 8.01. The molecule has 0 heterocycles. The number of nitrogens with one attached hydrogen (secondary N) is 1. The van der Waals surface area contributed by atoms with E-state index in [-0.39, 0.29) is 0 Å². The maximum absolute atomic E-state index is 10.7. The summed E-state index contributed by atoms with van der Waals surface area (Å²) >= 11 is 0. The van der Waals surface area contributed by atoms with Crippen molar-refractivity contribution in [2.45, 2.75) is 5.51 Å². The monoisotopic (exact) mass is 239 g/mol. The predicted molar refractivity (Wildman–Crippen MR) is 43.4 cm³/mol. The molecule has 0 bridgehead atoms. The molecule has 0 spiro atoms. The van der Waals surface area contributed by atoms with Crippen LogP contribution < -0.4 is 5.32 Å². The molecule has 0 aromatic carbocycles. The number of methoxy groups -OCH3 is 1.